The Balaban J connectivity index is 1.74. The Morgan fingerprint density at radius 1 is 1.19 bits per heavy atom. The second kappa shape index (κ2) is 6.45. The van der Waals surface area contributed by atoms with Gasteiger partial charge < -0.3 is 20.3 Å². The summed E-state index contributed by atoms with van der Waals surface area (Å²) in [6.07, 6.45) is -4.76. The molecule has 0 unspecified atom stereocenters. The van der Waals surface area contributed by atoms with Gasteiger partial charge in [-0.25, -0.2) is 4.98 Å². The average molecular weight is 368 g/mol. The minimum absolute atomic E-state index is 0.0593. The lowest BCUT2D eigenvalue weighted by atomic mass is 10.1. The maximum Gasteiger partial charge on any atom is 0.416 e. The number of alkyl halides is 3. The molecule has 1 atom stereocenters. The van der Waals surface area contributed by atoms with Crippen molar-refractivity contribution in [3.8, 4) is 0 Å². The highest BCUT2D eigenvalue weighted by Crippen LogP contribution is 2.30. The largest absolute Gasteiger partial charge is 0.416 e. The molecule has 0 saturated heterocycles. The number of fused-ring (bicyclic) bond motifs is 1. The molecule has 138 valence electrons. The summed E-state index contributed by atoms with van der Waals surface area (Å²) < 4.78 is 39.4. The highest BCUT2D eigenvalue weighted by atomic mass is 19.4. The van der Waals surface area contributed by atoms with E-state index in [-0.39, 0.29) is 30.9 Å². The van der Waals surface area contributed by atoms with Gasteiger partial charge in [0.15, 0.2) is 6.10 Å². The summed E-state index contributed by atoms with van der Waals surface area (Å²) in [5, 5.41) is 10.2. The van der Waals surface area contributed by atoms with Crippen LogP contribution in [0.4, 0.5) is 13.2 Å². The molecule has 26 heavy (non-hydrogen) atoms. The molecule has 1 aliphatic heterocycles. The van der Waals surface area contributed by atoms with Crippen molar-refractivity contribution in [3.63, 3.8) is 0 Å². The van der Waals surface area contributed by atoms with Crippen molar-refractivity contribution in [1.29, 1.82) is 0 Å². The van der Waals surface area contributed by atoms with E-state index in [9.17, 15) is 27.9 Å². The van der Waals surface area contributed by atoms with Crippen LogP contribution in [0.5, 0.6) is 0 Å². The predicted octanol–water partition coefficient (Wildman–Crippen LogP) is 1.08. The Labute approximate surface area is 145 Å². The van der Waals surface area contributed by atoms with E-state index in [0.29, 0.717) is 5.82 Å². The molecule has 7 nitrogen and oxygen atoms in total. The molecule has 0 radical (unpaired) electrons. The second-order valence-corrected chi connectivity index (χ2v) is 5.86. The van der Waals surface area contributed by atoms with E-state index in [0.717, 1.165) is 24.3 Å². The van der Waals surface area contributed by atoms with Crippen LogP contribution in [-0.2, 0) is 24.1 Å². The van der Waals surface area contributed by atoms with E-state index in [4.69, 9.17) is 5.73 Å². The van der Waals surface area contributed by atoms with Gasteiger partial charge in [0.05, 0.1) is 18.3 Å². The Kier molecular flexibility index (Phi) is 4.45. The fourth-order valence-electron chi connectivity index (χ4n) is 2.81. The fourth-order valence-corrected chi connectivity index (χ4v) is 2.81. The molecule has 1 aromatic heterocycles. The van der Waals surface area contributed by atoms with Crippen molar-refractivity contribution in [2.24, 2.45) is 5.73 Å². The van der Waals surface area contributed by atoms with Crippen molar-refractivity contribution >= 4 is 11.8 Å². The van der Waals surface area contributed by atoms with Gasteiger partial charge in [0.1, 0.15) is 11.5 Å². The topological polar surface area (TPSA) is 101 Å². The highest BCUT2D eigenvalue weighted by molar-refractivity contribution is 5.91. The van der Waals surface area contributed by atoms with E-state index in [1.54, 1.807) is 4.57 Å². The third-order valence-corrected chi connectivity index (χ3v) is 4.22. The Hall–Kier alpha value is -2.88. The number of imidazole rings is 1. The summed E-state index contributed by atoms with van der Waals surface area (Å²) in [5.74, 6) is -0.842. The third kappa shape index (κ3) is 3.27. The number of hydrogen-bond acceptors (Lipinski definition) is 4. The number of nitrogens with two attached hydrogens (primary N) is 1. The van der Waals surface area contributed by atoms with Gasteiger partial charge in [0.2, 0.25) is 0 Å². The van der Waals surface area contributed by atoms with Crippen molar-refractivity contribution in [1.82, 2.24) is 14.5 Å². The summed E-state index contributed by atoms with van der Waals surface area (Å²) >= 11 is 0. The highest BCUT2D eigenvalue weighted by Gasteiger charge is 2.32. The summed E-state index contributed by atoms with van der Waals surface area (Å²) in [7, 11) is 0. The minimum Gasteiger partial charge on any atom is -0.378 e. The van der Waals surface area contributed by atoms with Gasteiger partial charge in [-0.3, -0.25) is 9.59 Å². The van der Waals surface area contributed by atoms with Crippen LogP contribution in [0, 0.1) is 0 Å². The number of aromatic nitrogens is 2. The maximum absolute atomic E-state index is 12.6. The first-order chi connectivity index (χ1) is 12.2. The van der Waals surface area contributed by atoms with E-state index in [2.05, 4.69) is 4.98 Å². The number of benzene rings is 1. The first kappa shape index (κ1) is 17.9. The van der Waals surface area contributed by atoms with Crippen molar-refractivity contribution in [3.05, 3.63) is 53.1 Å². The number of primary amides is 1. The number of amides is 2. The van der Waals surface area contributed by atoms with Gasteiger partial charge in [0.25, 0.3) is 11.8 Å². The molecule has 2 heterocycles. The zero-order valence-corrected chi connectivity index (χ0v) is 13.4. The van der Waals surface area contributed by atoms with Crippen LogP contribution in [-0.4, -0.2) is 37.9 Å². The number of rotatable bonds is 3. The van der Waals surface area contributed by atoms with E-state index < -0.39 is 29.7 Å². The normalized spacial score (nSPS) is 15.5. The molecule has 1 aromatic carbocycles. The number of carbonyl (C=O) groups excluding carboxylic acids is 2. The maximum atomic E-state index is 12.6. The molecule has 0 spiro atoms. The lowest BCUT2D eigenvalue weighted by Gasteiger charge is -2.30. The van der Waals surface area contributed by atoms with Crippen LogP contribution in [0.15, 0.2) is 30.5 Å². The van der Waals surface area contributed by atoms with Gasteiger partial charge in [-0.15, -0.1) is 0 Å². The summed E-state index contributed by atoms with van der Waals surface area (Å²) in [6.45, 7) is 0.545. The Morgan fingerprint density at radius 2 is 1.85 bits per heavy atom. The van der Waals surface area contributed by atoms with Crippen molar-refractivity contribution in [2.45, 2.75) is 25.4 Å². The van der Waals surface area contributed by atoms with E-state index >= 15 is 0 Å². The van der Waals surface area contributed by atoms with Gasteiger partial charge in [-0.05, 0) is 17.7 Å². The van der Waals surface area contributed by atoms with Crippen molar-refractivity contribution < 1.29 is 27.9 Å². The summed E-state index contributed by atoms with van der Waals surface area (Å²) in [4.78, 5) is 29.1. The zero-order valence-electron chi connectivity index (χ0n) is 13.4. The Bertz CT molecular complexity index is 845. The molecule has 1 aliphatic rings. The molecule has 0 aliphatic carbocycles. The van der Waals surface area contributed by atoms with E-state index in [1.807, 2.05) is 0 Å². The predicted molar refractivity (Wildman–Crippen MR) is 82.6 cm³/mol. The van der Waals surface area contributed by atoms with Gasteiger partial charge in [-0.1, -0.05) is 12.1 Å². The second-order valence-electron chi connectivity index (χ2n) is 5.86. The molecule has 0 saturated carbocycles. The average Bonchev–Trinajstić information content (AvgIpc) is 3.03. The van der Waals surface area contributed by atoms with Crippen molar-refractivity contribution in [2.75, 3.05) is 6.54 Å². The number of nitrogens with zero attached hydrogens (tertiary/aromatic N) is 3. The number of hydrogen-bond donors (Lipinski definition) is 2. The van der Waals surface area contributed by atoms with Crippen LogP contribution >= 0.6 is 0 Å². The van der Waals surface area contributed by atoms with Gasteiger partial charge in [0, 0.05) is 13.1 Å². The first-order valence-corrected chi connectivity index (χ1v) is 7.66. The van der Waals surface area contributed by atoms with Gasteiger partial charge >= 0.3 is 6.18 Å². The van der Waals surface area contributed by atoms with Crippen LogP contribution < -0.4 is 5.73 Å². The molecule has 3 N–H and O–H groups in total. The smallest absolute Gasteiger partial charge is 0.378 e. The summed E-state index contributed by atoms with van der Waals surface area (Å²) in [5.41, 5.74) is 4.68. The molecular formula is C16H15F3N4O3. The zero-order chi connectivity index (χ0) is 19.1. The Morgan fingerprint density at radius 3 is 2.42 bits per heavy atom. The summed E-state index contributed by atoms with van der Waals surface area (Å²) in [6, 6.07) is 3.77. The number of aliphatic hydroxyl groups is 1. The molecule has 2 amide bonds. The van der Waals surface area contributed by atoms with Crippen LogP contribution in [0.1, 0.15) is 33.5 Å². The monoisotopic (exact) mass is 368 g/mol. The lowest BCUT2D eigenvalue weighted by Crippen LogP contribution is -2.41. The number of halogens is 3. The quantitative estimate of drug-likeness (QED) is 0.846. The molecule has 0 fully saturated rings. The van der Waals surface area contributed by atoms with Crippen LogP contribution in [0.3, 0.4) is 0 Å². The molecular weight excluding hydrogens is 353 g/mol. The standard InChI is InChI=1S/C16H15F3N4O3/c17-16(18,19)10-3-1-9(2-4-10)13(24)15(26)22-5-6-23-11(14(20)25)7-21-12(23)8-22/h1-4,7,13,24H,5-6,8H2,(H2,20,25)/t13-/m0/s1. The third-order valence-electron chi connectivity index (χ3n) is 4.22. The fraction of sp³-hybridized carbons (Fsp3) is 0.312. The molecule has 0 bridgehead atoms. The first-order valence-electron chi connectivity index (χ1n) is 7.66. The van der Waals surface area contributed by atoms with E-state index in [1.165, 1.54) is 11.1 Å². The number of aliphatic hydroxyl groups excluding tert-OH is 1. The SMILES string of the molecule is NC(=O)c1cnc2n1CCN(C(=O)[C@@H](O)c1ccc(C(F)(F)F)cc1)C2. The van der Waals surface area contributed by atoms with Crippen LogP contribution in [0.2, 0.25) is 0 Å². The lowest BCUT2D eigenvalue weighted by molar-refractivity contribution is -0.142. The molecule has 3 rings (SSSR count). The molecule has 2 aromatic rings. The van der Waals surface area contributed by atoms with Gasteiger partial charge in [-0.2, -0.15) is 13.2 Å². The van der Waals surface area contributed by atoms with Crippen LogP contribution in [0.25, 0.3) is 0 Å². The molecule has 10 heteroatoms. The number of carbonyl (C=O) groups is 2. The minimum atomic E-state index is -4.49.